The molecule has 0 aliphatic carbocycles. The van der Waals surface area contributed by atoms with Gasteiger partial charge in [0.1, 0.15) is 18.1 Å². The number of aryl methyl sites for hydroxylation is 2. The number of benzene rings is 1. The van der Waals surface area contributed by atoms with E-state index in [-0.39, 0.29) is 5.41 Å². The standard InChI is InChI=1S/C21H26N4O/c1-21(2,3)18-6-8-20(9-7-18)26-16-19-15-25(24-23-19)14-4-5-17-10-12-22-13-11-17/h6-13,15H,4-5,14,16H2,1-3H3. The number of pyridine rings is 1. The lowest BCUT2D eigenvalue weighted by Gasteiger charge is -2.19. The van der Waals surface area contributed by atoms with Crippen LogP contribution in [-0.4, -0.2) is 20.0 Å². The Balaban J connectivity index is 1.46. The Morgan fingerprint density at radius 3 is 2.42 bits per heavy atom. The van der Waals surface area contributed by atoms with E-state index in [0.717, 1.165) is 30.8 Å². The summed E-state index contributed by atoms with van der Waals surface area (Å²) in [7, 11) is 0. The average molecular weight is 350 g/mol. The molecule has 0 fully saturated rings. The number of nitrogens with zero attached hydrogens (tertiary/aromatic N) is 4. The lowest BCUT2D eigenvalue weighted by atomic mass is 9.87. The summed E-state index contributed by atoms with van der Waals surface area (Å²) in [5, 5.41) is 8.37. The molecule has 136 valence electrons. The van der Waals surface area contributed by atoms with Crippen LogP contribution in [0.2, 0.25) is 0 Å². The highest BCUT2D eigenvalue weighted by Crippen LogP contribution is 2.24. The van der Waals surface area contributed by atoms with E-state index in [0.29, 0.717) is 6.61 Å². The second-order valence-electron chi connectivity index (χ2n) is 7.50. The molecule has 0 spiro atoms. The average Bonchev–Trinajstić information content (AvgIpc) is 3.08. The number of aromatic nitrogens is 4. The van der Waals surface area contributed by atoms with Gasteiger partial charge in [-0.15, -0.1) is 5.10 Å². The smallest absolute Gasteiger partial charge is 0.134 e. The number of rotatable bonds is 7. The van der Waals surface area contributed by atoms with Crippen LogP contribution in [0.25, 0.3) is 0 Å². The molecule has 0 saturated heterocycles. The fourth-order valence-corrected chi connectivity index (χ4v) is 2.72. The van der Waals surface area contributed by atoms with Gasteiger partial charge in [0, 0.05) is 18.9 Å². The minimum Gasteiger partial charge on any atom is -0.487 e. The number of ether oxygens (including phenoxy) is 1. The summed E-state index contributed by atoms with van der Waals surface area (Å²) in [4.78, 5) is 4.04. The first-order chi connectivity index (χ1) is 12.5. The molecule has 5 nitrogen and oxygen atoms in total. The lowest BCUT2D eigenvalue weighted by Crippen LogP contribution is -2.10. The summed E-state index contributed by atoms with van der Waals surface area (Å²) < 4.78 is 7.70. The minimum atomic E-state index is 0.150. The Kier molecular flexibility index (Phi) is 5.66. The molecular formula is C21H26N4O. The van der Waals surface area contributed by atoms with Gasteiger partial charge in [0.2, 0.25) is 0 Å². The monoisotopic (exact) mass is 350 g/mol. The van der Waals surface area contributed by atoms with Gasteiger partial charge in [-0.2, -0.15) is 0 Å². The van der Waals surface area contributed by atoms with Crippen molar-refractivity contribution in [1.82, 2.24) is 20.0 Å². The summed E-state index contributed by atoms with van der Waals surface area (Å²) >= 11 is 0. The normalized spacial score (nSPS) is 11.5. The SMILES string of the molecule is CC(C)(C)c1ccc(OCc2cn(CCCc3ccncc3)nn2)cc1. The van der Waals surface area contributed by atoms with Crippen molar-refractivity contribution in [2.24, 2.45) is 0 Å². The van der Waals surface area contributed by atoms with Crippen molar-refractivity contribution in [1.29, 1.82) is 0 Å². The predicted molar refractivity (Wildman–Crippen MR) is 102 cm³/mol. The maximum absolute atomic E-state index is 5.82. The summed E-state index contributed by atoms with van der Waals surface area (Å²) in [5.41, 5.74) is 3.58. The summed E-state index contributed by atoms with van der Waals surface area (Å²) in [6.07, 6.45) is 7.63. The molecule has 2 aromatic heterocycles. The van der Waals surface area contributed by atoms with Gasteiger partial charge in [-0.1, -0.05) is 38.1 Å². The maximum Gasteiger partial charge on any atom is 0.134 e. The van der Waals surface area contributed by atoms with Crippen LogP contribution in [0.15, 0.2) is 55.0 Å². The zero-order chi connectivity index (χ0) is 18.4. The third kappa shape index (κ3) is 5.15. The highest BCUT2D eigenvalue weighted by atomic mass is 16.5. The van der Waals surface area contributed by atoms with E-state index in [1.165, 1.54) is 11.1 Å². The van der Waals surface area contributed by atoms with E-state index in [1.54, 1.807) is 0 Å². The van der Waals surface area contributed by atoms with Gasteiger partial charge >= 0.3 is 0 Å². The van der Waals surface area contributed by atoms with Crippen LogP contribution >= 0.6 is 0 Å². The quantitative estimate of drug-likeness (QED) is 0.641. The second kappa shape index (κ2) is 8.13. The molecule has 5 heteroatoms. The Hall–Kier alpha value is -2.69. The van der Waals surface area contributed by atoms with Crippen molar-refractivity contribution in [3.8, 4) is 5.75 Å². The molecule has 0 aliphatic rings. The first kappa shape index (κ1) is 18.1. The molecule has 0 amide bonds. The maximum atomic E-state index is 5.82. The van der Waals surface area contributed by atoms with E-state index in [1.807, 2.05) is 47.5 Å². The van der Waals surface area contributed by atoms with Crippen LogP contribution < -0.4 is 4.74 Å². The van der Waals surface area contributed by atoms with Crippen molar-refractivity contribution >= 4 is 0 Å². The van der Waals surface area contributed by atoms with Crippen molar-refractivity contribution < 1.29 is 4.74 Å². The molecule has 2 heterocycles. The lowest BCUT2D eigenvalue weighted by molar-refractivity contribution is 0.301. The molecule has 1 aromatic carbocycles. The van der Waals surface area contributed by atoms with E-state index in [2.05, 4.69) is 48.2 Å². The fraction of sp³-hybridized carbons (Fsp3) is 0.381. The molecule has 0 aliphatic heterocycles. The largest absolute Gasteiger partial charge is 0.487 e. The van der Waals surface area contributed by atoms with Gasteiger partial charge in [0.05, 0.1) is 6.20 Å². The third-order valence-electron chi connectivity index (χ3n) is 4.30. The Bertz CT molecular complexity index is 804. The van der Waals surface area contributed by atoms with E-state index in [4.69, 9.17) is 4.74 Å². The molecule has 0 atom stereocenters. The van der Waals surface area contributed by atoms with Crippen molar-refractivity contribution in [2.75, 3.05) is 0 Å². The van der Waals surface area contributed by atoms with Gasteiger partial charge in [-0.25, -0.2) is 0 Å². The summed E-state index contributed by atoms with van der Waals surface area (Å²) in [5.74, 6) is 0.852. The second-order valence-corrected chi connectivity index (χ2v) is 7.50. The zero-order valence-electron chi connectivity index (χ0n) is 15.7. The van der Waals surface area contributed by atoms with Gasteiger partial charge in [-0.05, 0) is 53.6 Å². The molecular weight excluding hydrogens is 324 g/mol. The van der Waals surface area contributed by atoms with E-state index in [9.17, 15) is 0 Å². The molecule has 0 bridgehead atoms. The molecule has 26 heavy (non-hydrogen) atoms. The van der Waals surface area contributed by atoms with Crippen LogP contribution in [-0.2, 0) is 25.0 Å². The minimum absolute atomic E-state index is 0.150. The first-order valence-electron chi connectivity index (χ1n) is 9.02. The van der Waals surface area contributed by atoms with Gasteiger partial charge in [0.25, 0.3) is 0 Å². The predicted octanol–water partition coefficient (Wildman–Crippen LogP) is 4.18. The van der Waals surface area contributed by atoms with Gasteiger partial charge in [0.15, 0.2) is 0 Å². The van der Waals surface area contributed by atoms with Gasteiger partial charge < -0.3 is 4.74 Å². The van der Waals surface area contributed by atoms with E-state index < -0.39 is 0 Å². The molecule has 0 unspecified atom stereocenters. The van der Waals surface area contributed by atoms with Crippen molar-refractivity contribution in [2.45, 2.75) is 52.2 Å². The number of hydrogen-bond donors (Lipinski definition) is 0. The molecule has 3 rings (SSSR count). The van der Waals surface area contributed by atoms with Crippen LogP contribution in [0, 0.1) is 0 Å². The molecule has 0 N–H and O–H groups in total. The Labute approximate surface area is 155 Å². The highest BCUT2D eigenvalue weighted by molar-refractivity contribution is 5.31. The zero-order valence-corrected chi connectivity index (χ0v) is 15.7. The van der Waals surface area contributed by atoms with E-state index >= 15 is 0 Å². The van der Waals surface area contributed by atoms with Gasteiger partial charge in [-0.3, -0.25) is 9.67 Å². The first-order valence-corrected chi connectivity index (χ1v) is 9.02. The molecule has 0 saturated carbocycles. The van der Waals surface area contributed by atoms with Crippen LogP contribution in [0.3, 0.4) is 0 Å². The fourth-order valence-electron chi connectivity index (χ4n) is 2.72. The highest BCUT2D eigenvalue weighted by Gasteiger charge is 2.13. The van der Waals surface area contributed by atoms with Crippen LogP contribution in [0.5, 0.6) is 5.75 Å². The third-order valence-corrected chi connectivity index (χ3v) is 4.30. The molecule has 0 radical (unpaired) electrons. The molecule has 3 aromatic rings. The summed E-state index contributed by atoms with van der Waals surface area (Å²) in [6.45, 7) is 7.89. The van der Waals surface area contributed by atoms with Crippen LogP contribution in [0.4, 0.5) is 0 Å². The number of hydrogen-bond acceptors (Lipinski definition) is 4. The van der Waals surface area contributed by atoms with Crippen molar-refractivity contribution in [3.63, 3.8) is 0 Å². The van der Waals surface area contributed by atoms with Crippen LogP contribution in [0.1, 0.15) is 44.0 Å². The Morgan fingerprint density at radius 2 is 1.73 bits per heavy atom. The Morgan fingerprint density at radius 1 is 1.00 bits per heavy atom. The van der Waals surface area contributed by atoms with Crippen molar-refractivity contribution in [3.05, 3.63) is 71.8 Å². The summed E-state index contributed by atoms with van der Waals surface area (Å²) in [6, 6.07) is 12.4. The topological polar surface area (TPSA) is 52.8 Å².